The van der Waals surface area contributed by atoms with Crippen LogP contribution >= 0.6 is 0 Å². The molecule has 1 N–H and O–H groups in total. The Morgan fingerprint density at radius 2 is 1.50 bits per heavy atom. The smallest absolute Gasteiger partial charge is 0.330 e. The van der Waals surface area contributed by atoms with E-state index in [2.05, 4.69) is 20.7 Å². The maximum absolute atomic E-state index is 13.7. The minimum Gasteiger partial charge on any atom is -0.330 e. The van der Waals surface area contributed by atoms with Crippen LogP contribution in [-0.2, 0) is 38.7 Å². The summed E-state index contributed by atoms with van der Waals surface area (Å²) in [5.41, 5.74) is -3.65. The maximum Gasteiger partial charge on any atom is 0.416 e. The third-order valence-electron chi connectivity index (χ3n) is 7.06. The predicted octanol–water partition coefficient (Wildman–Crippen LogP) is 7.31. The molecule has 0 aliphatic heterocycles. The molecule has 4 rings (SSSR count). The molecule has 0 radical (unpaired) electrons. The quantitative estimate of drug-likeness (QED) is 0.231. The SMILES string of the molecule is CCC(NCCC1CC1)c1ccc(C(F)(F)F)cc1CN(Cc1cc(C(F)(F)F)cc(C(F)(F)F)c1)c1nnn(C)n1. The van der Waals surface area contributed by atoms with Gasteiger partial charge in [0.25, 0.3) is 5.95 Å². The van der Waals surface area contributed by atoms with Crippen LogP contribution in [0.5, 0.6) is 0 Å². The van der Waals surface area contributed by atoms with Crippen molar-refractivity contribution < 1.29 is 39.5 Å². The zero-order valence-corrected chi connectivity index (χ0v) is 22.7. The molecule has 3 aromatic rings. The number of benzene rings is 2. The van der Waals surface area contributed by atoms with E-state index in [1.165, 1.54) is 18.0 Å². The zero-order chi connectivity index (χ0) is 30.9. The third-order valence-corrected chi connectivity index (χ3v) is 7.06. The van der Waals surface area contributed by atoms with Gasteiger partial charge in [0, 0.05) is 19.1 Å². The molecular weight excluding hydrogens is 579 g/mol. The van der Waals surface area contributed by atoms with Crippen LogP contribution in [-0.4, -0.2) is 26.8 Å². The molecule has 1 aliphatic rings. The lowest BCUT2D eigenvalue weighted by Gasteiger charge is -2.27. The predicted molar refractivity (Wildman–Crippen MR) is 135 cm³/mol. The summed E-state index contributed by atoms with van der Waals surface area (Å²) in [4.78, 5) is 2.23. The van der Waals surface area contributed by atoms with Crippen molar-refractivity contribution in [3.63, 3.8) is 0 Å². The average Bonchev–Trinajstić information content (AvgIpc) is 3.62. The van der Waals surface area contributed by atoms with Gasteiger partial charge in [0.05, 0.1) is 23.7 Å². The van der Waals surface area contributed by atoms with Crippen LogP contribution in [0.1, 0.15) is 72.0 Å². The summed E-state index contributed by atoms with van der Waals surface area (Å²) in [5.74, 6) is 0.441. The first-order chi connectivity index (χ1) is 19.5. The molecule has 6 nitrogen and oxygen atoms in total. The number of aryl methyl sites for hydroxylation is 1. The van der Waals surface area contributed by atoms with Gasteiger partial charge in [-0.1, -0.05) is 30.9 Å². The molecule has 1 unspecified atom stereocenters. The Labute approximate surface area is 235 Å². The Hall–Kier alpha value is -3.36. The molecule has 0 saturated heterocycles. The first-order valence-electron chi connectivity index (χ1n) is 13.2. The molecule has 1 aromatic heterocycles. The molecule has 15 heteroatoms. The standard InChI is InChI=1S/C27H29F9N6/c1-3-23(37-9-8-16-4-5-16)22-7-6-19(25(28,29)30)12-18(22)15-42(24-38-40-41(2)39-24)14-17-10-20(26(31,32)33)13-21(11-17)27(34,35)36/h6-7,10-13,16,23,37H,3-5,8-9,14-15H2,1-2H3. The van der Waals surface area contributed by atoms with Crippen molar-refractivity contribution >= 4 is 5.95 Å². The highest BCUT2D eigenvalue weighted by atomic mass is 19.4. The van der Waals surface area contributed by atoms with E-state index < -0.39 is 41.8 Å². The molecule has 230 valence electrons. The molecule has 1 saturated carbocycles. The monoisotopic (exact) mass is 608 g/mol. The van der Waals surface area contributed by atoms with Gasteiger partial charge in [-0.3, -0.25) is 0 Å². The molecule has 1 aliphatic carbocycles. The number of nitrogens with zero attached hydrogens (tertiary/aromatic N) is 5. The molecule has 2 aromatic carbocycles. The second kappa shape index (κ2) is 12.1. The van der Waals surface area contributed by atoms with Crippen LogP contribution < -0.4 is 10.2 Å². The lowest BCUT2D eigenvalue weighted by atomic mass is 9.95. The number of nitrogens with one attached hydrogen (secondary N) is 1. The van der Waals surface area contributed by atoms with E-state index in [0.29, 0.717) is 36.6 Å². The Morgan fingerprint density at radius 3 is 2.00 bits per heavy atom. The summed E-state index contributed by atoms with van der Waals surface area (Å²) in [7, 11) is 1.40. The third kappa shape index (κ3) is 8.13. The molecule has 0 spiro atoms. The molecule has 1 fully saturated rings. The Bertz CT molecular complexity index is 1330. The van der Waals surface area contributed by atoms with Crippen LogP contribution in [0.25, 0.3) is 0 Å². The van der Waals surface area contributed by atoms with Crippen LogP contribution in [0.15, 0.2) is 36.4 Å². The van der Waals surface area contributed by atoms with Gasteiger partial charge in [0.15, 0.2) is 0 Å². The molecule has 0 bridgehead atoms. The maximum atomic E-state index is 13.7. The summed E-state index contributed by atoms with van der Waals surface area (Å²) < 4.78 is 122. The van der Waals surface area contributed by atoms with Crippen molar-refractivity contribution in [1.82, 2.24) is 25.5 Å². The van der Waals surface area contributed by atoms with E-state index in [1.54, 1.807) is 0 Å². The molecule has 42 heavy (non-hydrogen) atoms. The topological polar surface area (TPSA) is 58.9 Å². The first-order valence-corrected chi connectivity index (χ1v) is 13.2. The lowest BCUT2D eigenvalue weighted by Crippen LogP contribution is -2.28. The van der Waals surface area contributed by atoms with Crippen molar-refractivity contribution in [2.45, 2.75) is 70.3 Å². The van der Waals surface area contributed by atoms with E-state index in [9.17, 15) is 39.5 Å². The Balaban J connectivity index is 1.75. The van der Waals surface area contributed by atoms with Gasteiger partial charge in [0.2, 0.25) is 0 Å². The van der Waals surface area contributed by atoms with Crippen molar-refractivity contribution in [3.8, 4) is 0 Å². The summed E-state index contributed by atoms with van der Waals surface area (Å²) in [5, 5.41) is 14.9. The highest BCUT2D eigenvalue weighted by Crippen LogP contribution is 2.38. The van der Waals surface area contributed by atoms with Gasteiger partial charge < -0.3 is 10.2 Å². The van der Waals surface area contributed by atoms with Crippen molar-refractivity contribution in [2.75, 3.05) is 11.4 Å². The highest BCUT2D eigenvalue weighted by Gasteiger charge is 2.37. The van der Waals surface area contributed by atoms with E-state index in [1.807, 2.05) is 6.92 Å². The summed E-state index contributed by atoms with van der Waals surface area (Å²) in [6, 6.07) is 4.06. The molecular formula is C27H29F9N6. The van der Waals surface area contributed by atoms with E-state index in [0.717, 1.165) is 36.2 Å². The molecule has 1 heterocycles. The average molecular weight is 609 g/mol. The van der Waals surface area contributed by atoms with Crippen LogP contribution in [0, 0.1) is 5.92 Å². The van der Waals surface area contributed by atoms with Gasteiger partial charge in [-0.15, -0.1) is 5.10 Å². The fraction of sp³-hybridized carbons (Fsp3) is 0.519. The molecule has 1 atom stereocenters. The summed E-state index contributed by atoms with van der Waals surface area (Å²) in [6.45, 7) is 1.59. The number of aromatic nitrogens is 4. The van der Waals surface area contributed by atoms with Gasteiger partial charge >= 0.3 is 18.5 Å². The summed E-state index contributed by atoms with van der Waals surface area (Å²) in [6.07, 6.45) is -11.1. The van der Waals surface area contributed by atoms with E-state index >= 15 is 0 Å². The Morgan fingerprint density at radius 1 is 0.881 bits per heavy atom. The normalized spacial score (nSPS) is 15.2. The van der Waals surface area contributed by atoms with Crippen LogP contribution in [0.3, 0.4) is 0 Å². The van der Waals surface area contributed by atoms with E-state index in [4.69, 9.17) is 0 Å². The van der Waals surface area contributed by atoms with Crippen LogP contribution in [0.2, 0.25) is 0 Å². The Kier molecular flexibility index (Phi) is 9.09. The zero-order valence-electron chi connectivity index (χ0n) is 22.7. The minimum absolute atomic E-state index is 0.0124. The highest BCUT2D eigenvalue weighted by molar-refractivity contribution is 5.42. The van der Waals surface area contributed by atoms with Gasteiger partial charge in [0.1, 0.15) is 0 Å². The fourth-order valence-corrected chi connectivity index (χ4v) is 4.74. The number of halogens is 9. The largest absolute Gasteiger partial charge is 0.416 e. The molecule has 0 amide bonds. The second-order valence-electron chi connectivity index (χ2n) is 10.4. The number of tetrazole rings is 1. The fourth-order valence-electron chi connectivity index (χ4n) is 4.74. The number of alkyl halides is 9. The van der Waals surface area contributed by atoms with Gasteiger partial charge in [-0.2, -0.15) is 44.3 Å². The first kappa shape index (κ1) is 31.6. The van der Waals surface area contributed by atoms with E-state index in [-0.39, 0.29) is 35.7 Å². The number of hydrogen-bond donors (Lipinski definition) is 1. The van der Waals surface area contributed by atoms with Crippen molar-refractivity contribution in [2.24, 2.45) is 13.0 Å². The van der Waals surface area contributed by atoms with Gasteiger partial charge in [-0.05, 0) is 77.5 Å². The summed E-state index contributed by atoms with van der Waals surface area (Å²) >= 11 is 0. The van der Waals surface area contributed by atoms with Crippen LogP contribution in [0.4, 0.5) is 45.5 Å². The lowest BCUT2D eigenvalue weighted by molar-refractivity contribution is -0.143. The van der Waals surface area contributed by atoms with Crippen molar-refractivity contribution in [3.05, 3.63) is 69.8 Å². The number of hydrogen-bond acceptors (Lipinski definition) is 5. The van der Waals surface area contributed by atoms with Crippen molar-refractivity contribution in [1.29, 1.82) is 0 Å². The second-order valence-corrected chi connectivity index (χ2v) is 10.4. The minimum atomic E-state index is -5.07. The number of rotatable bonds is 11. The number of anilines is 1. The van der Waals surface area contributed by atoms with Gasteiger partial charge in [-0.25, -0.2) is 0 Å².